The Balaban J connectivity index is 2.02. The van der Waals surface area contributed by atoms with Gasteiger partial charge in [-0.15, -0.1) is 10.2 Å². The van der Waals surface area contributed by atoms with E-state index in [1.807, 2.05) is 29.8 Å². The van der Waals surface area contributed by atoms with E-state index in [-0.39, 0.29) is 0 Å². The maximum absolute atomic E-state index is 4.79. The Morgan fingerprint density at radius 2 is 2.14 bits per heavy atom. The first-order chi connectivity index (χ1) is 10.3. The first kappa shape index (κ1) is 14.0. The van der Waals surface area contributed by atoms with Gasteiger partial charge in [0.1, 0.15) is 11.4 Å². The van der Waals surface area contributed by atoms with Crippen molar-refractivity contribution < 1.29 is 0 Å². The zero-order chi connectivity index (χ0) is 14.7. The molecule has 1 N–H and O–H groups in total. The molecule has 21 heavy (non-hydrogen) atoms. The molecule has 0 bridgehead atoms. The summed E-state index contributed by atoms with van der Waals surface area (Å²) >= 11 is 1.55. The Hall–Kier alpha value is -1.92. The molecule has 0 amide bonds. The van der Waals surface area contributed by atoms with E-state index < -0.39 is 0 Å². The second-order valence-electron chi connectivity index (χ2n) is 4.75. The first-order valence-electron chi connectivity index (χ1n) is 6.89. The van der Waals surface area contributed by atoms with Crippen molar-refractivity contribution >= 4 is 22.7 Å². The molecule has 0 fully saturated rings. The zero-order valence-electron chi connectivity index (χ0n) is 12.1. The van der Waals surface area contributed by atoms with Crippen molar-refractivity contribution in [2.45, 2.75) is 23.7 Å². The van der Waals surface area contributed by atoms with Crippen LogP contribution in [0.25, 0.3) is 10.9 Å². The summed E-state index contributed by atoms with van der Waals surface area (Å²) in [5.41, 5.74) is 2.19. The van der Waals surface area contributed by atoms with Crippen molar-refractivity contribution in [1.82, 2.24) is 25.1 Å². The maximum atomic E-state index is 4.79. The molecule has 3 aromatic rings. The first-order valence-corrected chi connectivity index (χ1v) is 7.71. The number of pyridine rings is 1. The number of nitrogens with one attached hydrogen (secondary N) is 1. The number of aromatic nitrogens is 4. The summed E-state index contributed by atoms with van der Waals surface area (Å²) < 4.78 is 1.90. The van der Waals surface area contributed by atoms with Crippen LogP contribution < -0.4 is 5.32 Å². The molecule has 1 aromatic carbocycles. The number of nitrogens with zero attached hydrogens (tertiary/aromatic N) is 4. The van der Waals surface area contributed by atoms with Crippen LogP contribution in [0.1, 0.15) is 12.5 Å². The van der Waals surface area contributed by atoms with Gasteiger partial charge in [-0.2, -0.15) is 0 Å². The summed E-state index contributed by atoms with van der Waals surface area (Å²) in [6.45, 7) is 3.83. The van der Waals surface area contributed by atoms with Crippen LogP contribution in [0, 0.1) is 0 Å². The molecule has 0 aliphatic carbocycles. The van der Waals surface area contributed by atoms with Gasteiger partial charge in [0.2, 0.25) is 0 Å². The smallest absolute Gasteiger partial charge is 0.197 e. The molecule has 0 unspecified atom stereocenters. The normalized spacial score (nSPS) is 11.1. The topological polar surface area (TPSA) is 55.6 Å². The summed E-state index contributed by atoms with van der Waals surface area (Å²) in [4.78, 5) is 4.79. The third kappa shape index (κ3) is 3.06. The van der Waals surface area contributed by atoms with E-state index in [1.54, 1.807) is 18.1 Å². The quantitative estimate of drug-likeness (QED) is 0.785. The minimum absolute atomic E-state index is 0.800. The molecule has 0 aliphatic heterocycles. The van der Waals surface area contributed by atoms with E-state index in [0.717, 1.165) is 34.2 Å². The van der Waals surface area contributed by atoms with Crippen molar-refractivity contribution in [1.29, 1.82) is 0 Å². The lowest BCUT2D eigenvalue weighted by Gasteiger charge is -2.10. The summed E-state index contributed by atoms with van der Waals surface area (Å²) in [6, 6.07) is 10.4. The second-order valence-corrected chi connectivity index (χ2v) is 5.71. The van der Waals surface area contributed by atoms with Crippen LogP contribution in [-0.4, -0.2) is 26.3 Å². The predicted molar refractivity (Wildman–Crippen MR) is 84.2 cm³/mol. The molecule has 2 aromatic heterocycles. The van der Waals surface area contributed by atoms with Crippen molar-refractivity contribution in [3.8, 4) is 0 Å². The molecule has 0 aliphatic rings. The molecular formula is C15H17N5S. The van der Waals surface area contributed by atoms with Crippen molar-refractivity contribution in [2.75, 3.05) is 6.54 Å². The fourth-order valence-electron chi connectivity index (χ4n) is 2.07. The van der Waals surface area contributed by atoms with Crippen LogP contribution in [-0.2, 0) is 13.6 Å². The van der Waals surface area contributed by atoms with Gasteiger partial charge in [0, 0.05) is 19.0 Å². The van der Waals surface area contributed by atoms with E-state index in [0.29, 0.717) is 0 Å². The molecular weight excluding hydrogens is 282 g/mol. The van der Waals surface area contributed by atoms with Gasteiger partial charge in [-0.1, -0.05) is 25.1 Å². The summed E-state index contributed by atoms with van der Waals surface area (Å²) in [7, 11) is 1.94. The molecule has 0 radical (unpaired) electrons. The van der Waals surface area contributed by atoms with E-state index >= 15 is 0 Å². The molecule has 0 spiro atoms. The highest BCUT2D eigenvalue weighted by molar-refractivity contribution is 7.99. The lowest BCUT2D eigenvalue weighted by Crippen LogP contribution is -2.13. The van der Waals surface area contributed by atoms with Crippen LogP contribution in [0.2, 0.25) is 0 Å². The highest BCUT2D eigenvalue weighted by atomic mass is 32.2. The third-order valence-corrected chi connectivity index (χ3v) is 4.29. The fraction of sp³-hybridized carbons (Fsp3) is 0.267. The van der Waals surface area contributed by atoms with Gasteiger partial charge in [-0.25, -0.2) is 4.98 Å². The molecule has 5 nitrogen and oxygen atoms in total. The standard InChI is InChI=1S/C15H17N5S/c1-3-16-9-12-8-11-6-4-5-7-13(11)18-14(12)21-15-19-17-10-20(15)2/h4-8,10,16H,3,9H2,1-2H3. The van der Waals surface area contributed by atoms with E-state index in [4.69, 9.17) is 4.98 Å². The molecule has 0 saturated heterocycles. The molecule has 2 heterocycles. The minimum atomic E-state index is 0.800. The van der Waals surface area contributed by atoms with Crippen LogP contribution in [0.15, 0.2) is 46.8 Å². The highest BCUT2D eigenvalue weighted by Crippen LogP contribution is 2.29. The number of aryl methyl sites for hydroxylation is 1. The highest BCUT2D eigenvalue weighted by Gasteiger charge is 2.11. The lowest BCUT2D eigenvalue weighted by molar-refractivity contribution is 0.712. The Morgan fingerprint density at radius 3 is 2.90 bits per heavy atom. The van der Waals surface area contributed by atoms with Gasteiger partial charge in [0.25, 0.3) is 0 Å². The predicted octanol–water partition coefficient (Wildman–Crippen LogP) is 2.62. The maximum Gasteiger partial charge on any atom is 0.197 e. The summed E-state index contributed by atoms with van der Waals surface area (Å²) in [5.74, 6) is 0. The molecule has 3 rings (SSSR count). The van der Waals surface area contributed by atoms with Crippen LogP contribution in [0.3, 0.4) is 0 Å². The SMILES string of the molecule is CCNCc1cc2ccccc2nc1Sc1nncn1C. The summed E-state index contributed by atoms with van der Waals surface area (Å²) in [5, 5.41) is 14.4. The molecule has 0 saturated carbocycles. The van der Waals surface area contributed by atoms with Crippen LogP contribution in [0.4, 0.5) is 0 Å². The molecule has 0 atom stereocenters. The average Bonchev–Trinajstić information content (AvgIpc) is 2.90. The fourth-order valence-corrected chi connectivity index (χ4v) is 2.93. The Bertz CT molecular complexity index is 753. The number of hydrogen-bond donors (Lipinski definition) is 1. The number of fused-ring (bicyclic) bond motifs is 1. The van der Waals surface area contributed by atoms with Crippen molar-refractivity contribution in [2.24, 2.45) is 7.05 Å². The Labute approximate surface area is 127 Å². The minimum Gasteiger partial charge on any atom is -0.313 e. The Kier molecular flexibility index (Phi) is 4.17. The second kappa shape index (κ2) is 6.24. The largest absolute Gasteiger partial charge is 0.313 e. The van der Waals surface area contributed by atoms with E-state index in [1.165, 1.54) is 5.56 Å². The van der Waals surface area contributed by atoms with Crippen LogP contribution in [0.5, 0.6) is 0 Å². The number of rotatable bonds is 5. The molecule has 6 heteroatoms. The molecule has 108 valence electrons. The van der Waals surface area contributed by atoms with Gasteiger partial charge in [-0.05, 0) is 36.0 Å². The van der Waals surface area contributed by atoms with Gasteiger partial charge < -0.3 is 9.88 Å². The van der Waals surface area contributed by atoms with E-state index in [2.05, 4.69) is 34.6 Å². The van der Waals surface area contributed by atoms with Crippen molar-refractivity contribution in [3.05, 3.63) is 42.2 Å². The number of hydrogen-bond acceptors (Lipinski definition) is 5. The van der Waals surface area contributed by atoms with Crippen molar-refractivity contribution in [3.63, 3.8) is 0 Å². The number of benzene rings is 1. The summed E-state index contributed by atoms with van der Waals surface area (Å²) in [6.07, 6.45) is 1.70. The zero-order valence-corrected chi connectivity index (χ0v) is 12.9. The van der Waals surface area contributed by atoms with Gasteiger partial charge in [0.05, 0.1) is 5.52 Å². The van der Waals surface area contributed by atoms with Crippen LogP contribution >= 0.6 is 11.8 Å². The monoisotopic (exact) mass is 299 g/mol. The van der Waals surface area contributed by atoms with E-state index in [9.17, 15) is 0 Å². The number of para-hydroxylation sites is 1. The third-order valence-electron chi connectivity index (χ3n) is 3.19. The average molecular weight is 299 g/mol. The van der Waals surface area contributed by atoms with Gasteiger partial charge in [-0.3, -0.25) is 0 Å². The Morgan fingerprint density at radius 1 is 1.29 bits per heavy atom. The van der Waals surface area contributed by atoms with Gasteiger partial charge >= 0.3 is 0 Å². The van der Waals surface area contributed by atoms with Gasteiger partial charge in [0.15, 0.2) is 5.16 Å². The lowest BCUT2D eigenvalue weighted by atomic mass is 10.1.